The van der Waals surface area contributed by atoms with Gasteiger partial charge in [0.15, 0.2) is 5.78 Å². The fraction of sp³-hybridized carbons (Fsp3) is 0.389. The van der Waals surface area contributed by atoms with Crippen molar-refractivity contribution in [3.05, 3.63) is 58.4 Å². The first-order chi connectivity index (χ1) is 9.87. The summed E-state index contributed by atoms with van der Waals surface area (Å²) in [6.07, 6.45) is 3.61. The molecule has 110 valence electrons. The molecule has 0 spiro atoms. The summed E-state index contributed by atoms with van der Waals surface area (Å²) in [5.41, 5.74) is 3.25. The Balaban J connectivity index is 2.03. The molecule has 2 aromatic rings. The maximum absolute atomic E-state index is 12.3. The fourth-order valence-corrected chi connectivity index (χ4v) is 3.45. The predicted molar refractivity (Wildman–Crippen MR) is 86.1 cm³/mol. The van der Waals surface area contributed by atoms with Crippen LogP contribution >= 0.6 is 11.6 Å². The maximum atomic E-state index is 12.3. The van der Waals surface area contributed by atoms with Crippen LogP contribution in [0.4, 0.5) is 0 Å². The summed E-state index contributed by atoms with van der Waals surface area (Å²) in [7, 11) is 0. The number of ketones is 1. The zero-order valence-electron chi connectivity index (χ0n) is 12.7. The molecular formula is C18H20ClNO. The Bertz CT molecular complexity index is 699. The molecule has 0 radical (unpaired) electrons. The number of nitrogens with zero attached hydrogens (tertiary/aromatic N) is 1. The minimum atomic E-state index is 0.0360. The lowest BCUT2D eigenvalue weighted by Crippen LogP contribution is -2.28. The van der Waals surface area contributed by atoms with Gasteiger partial charge in [-0.2, -0.15) is 0 Å². The smallest absolute Gasteiger partial charge is 0.165 e. The van der Waals surface area contributed by atoms with E-state index in [4.69, 9.17) is 11.6 Å². The summed E-state index contributed by atoms with van der Waals surface area (Å²) in [5, 5.41) is 0.747. The highest BCUT2D eigenvalue weighted by Crippen LogP contribution is 2.37. The second kappa shape index (κ2) is 5.03. The first kappa shape index (κ1) is 14.4. The van der Waals surface area contributed by atoms with Gasteiger partial charge in [-0.15, -0.1) is 0 Å². The first-order valence-corrected chi connectivity index (χ1v) is 7.73. The van der Waals surface area contributed by atoms with E-state index in [0.717, 1.165) is 28.3 Å². The molecule has 0 aliphatic heterocycles. The molecule has 1 atom stereocenters. The zero-order valence-corrected chi connectivity index (χ0v) is 13.4. The van der Waals surface area contributed by atoms with Crippen LogP contribution in [0, 0.1) is 5.41 Å². The molecule has 0 saturated heterocycles. The van der Waals surface area contributed by atoms with Crippen LogP contribution in [0.2, 0.25) is 5.02 Å². The highest BCUT2D eigenvalue weighted by molar-refractivity contribution is 6.30. The van der Waals surface area contributed by atoms with E-state index in [1.165, 1.54) is 0 Å². The number of halogens is 1. The third-order valence-corrected chi connectivity index (χ3v) is 4.59. The van der Waals surface area contributed by atoms with Crippen molar-refractivity contribution in [2.75, 3.05) is 0 Å². The van der Waals surface area contributed by atoms with Crippen molar-refractivity contribution < 1.29 is 4.79 Å². The average Bonchev–Trinajstić information content (AvgIpc) is 2.80. The van der Waals surface area contributed by atoms with Gasteiger partial charge in [0.1, 0.15) is 0 Å². The van der Waals surface area contributed by atoms with E-state index in [-0.39, 0.29) is 17.2 Å². The maximum Gasteiger partial charge on any atom is 0.165 e. The van der Waals surface area contributed by atoms with Crippen LogP contribution in [-0.4, -0.2) is 10.4 Å². The number of Topliss-reactive ketones (excluding diaryl/α,β-unsaturated/α-hetero) is 1. The van der Waals surface area contributed by atoms with Crippen LogP contribution in [0.3, 0.4) is 0 Å². The minimum absolute atomic E-state index is 0.0360. The van der Waals surface area contributed by atoms with E-state index in [9.17, 15) is 4.79 Å². The minimum Gasteiger partial charge on any atom is -0.344 e. The first-order valence-electron chi connectivity index (χ1n) is 7.36. The van der Waals surface area contributed by atoms with Gasteiger partial charge >= 0.3 is 0 Å². The van der Waals surface area contributed by atoms with Crippen molar-refractivity contribution in [3.63, 3.8) is 0 Å². The molecule has 1 aliphatic carbocycles. The molecule has 21 heavy (non-hydrogen) atoms. The lowest BCUT2D eigenvalue weighted by Gasteiger charge is -2.31. The van der Waals surface area contributed by atoms with Gasteiger partial charge in [0.2, 0.25) is 0 Å². The van der Waals surface area contributed by atoms with Crippen molar-refractivity contribution in [2.24, 2.45) is 5.41 Å². The molecule has 2 nitrogen and oxygen atoms in total. The van der Waals surface area contributed by atoms with E-state index in [2.05, 4.69) is 31.4 Å². The Morgan fingerprint density at radius 3 is 2.71 bits per heavy atom. The number of fused-ring (bicyclic) bond motifs is 1. The number of aromatic nitrogens is 1. The summed E-state index contributed by atoms with van der Waals surface area (Å²) in [5.74, 6) is 0.262. The summed E-state index contributed by atoms with van der Waals surface area (Å²) < 4.78 is 2.22. The summed E-state index contributed by atoms with van der Waals surface area (Å²) in [6, 6.07) is 10.1. The molecule has 0 saturated carbocycles. The van der Waals surface area contributed by atoms with E-state index >= 15 is 0 Å². The van der Waals surface area contributed by atoms with Crippen LogP contribution in [-0.2, 0) is 6.42 Å². The second-order valence-corrected chi connectivity index (χ2v) is 7.19. The third-order valence-electron chi connectivity index (χ3n) is 4.36. The topological polar surface area (TPSA) is 22.0 Å². The van der Waals surface area contributed by atoms with Crippen LogP contribution in [0.15, 0.2) is 36.5 Å². The molecule has 3 rings (SSSR count). The van der Waals surface area contributed by atoms with Gasteiger partial charge in [-0.3, -0.25) is 4.79 Å². The van der Waals surface area contributed by atoms with Crippen molar-refractivity contribution in [1.82, 2.24) is 4.57 Å². The van der Waals surface area contributed by atoms with Gasteiger partial charge in [-0.25, -0.2) is 0 Å². The van der Waals surface area contributed by atoms with E-state index < -0.39 is 0 Å². The number of carbonyl (C=O) groups is 1. The molecule has 0 fully saturated rings. The Morgan fingerprint density at radius 1 is 1.24 bits per heavy atom. The van der Waals surface area contributed by atoms with Gasteiger partial charge in [-0.05, 0) is 42.5 Å². The van der Waals surface area contributed by atoms with Crippen LogP contribution in [0.1, 0.15) is 54.8 Å². The summed E-state index contributed by atoms with van der Waals surface area (Å²) >= 11 is 6.10. The van der Waals surface area contributed by atoms with Crippen LogP contribution < -0.4 is 0 Å². The molecule has 3 heteroatoms. The lowest BCUT2D eigenvalue weighted by atomic mass is 9.76. The highest BCUT2D eigenvalue weighted by atomic mass is 35.5. The average molecular weight is 302 g/mol. The molecule has 0 N–H and O–H groups in total. The number of hydrogen-bond donors (Lipinski definition) is 0. The number of carbonyl (C=O) groups excluding carboxylic acids is 1. The van der Waals surface area contributed by atoms with E-state index in [1.54, 1.807) is 0 Å². The van der Waals surface area contributed by atoms with Crippen LogP contribution in [0.5, 0.6) is 0 Å². The van der Waals surface area contributed by atoms with Gasteiger partial charge in [0.25, 0.3) is 0 Å². The standard InChI is InChI=1S/C18H20ClNO/c1-12(13-5-4-6-14(19)9-13)20-8-7-15-16(20)10-18(2,3)11-17(15)21/h4-9,12H,10-11H2,1-3H3. The molecule has 1 aromatic carbocycles. The van der Waals surface area contributed by atoms with Gasteiger partial charge in [-0.1, -0.05) is 37.6 Å². The Hall–Kier alpha value is -1.54. The molecule has 1 aliphatic rings. The normalized spacial score (nSPS) is 18.4. The molecule has 1 unspecified atom stereocenters. The predicted octanol–water partition coefficient (Wildman–Crippen LogP) is 4.91. The van der Waals surface area contributed by atoms with Gasteiger partial charge in [0.05, 0.1) is 6.04 Å². The third kappa shape index (κ3) is 2.65. The Kier molecular flexibility index (Phi) is 3.45. The van der Waals surface area contributed by atoms with E-state index in [0.29, 0.717) is 6.42 Å². The monoisotopic (exact) mass is 301 g/mol. The molecule has 0 bridgehead atoms. The number of benzene rings is 1. The Morgan fingerprint density at radius 2 is 2.00 bits per heavy atom. The quantitative estimate of drug-likeness (QED) is 0.773. The highest BCUT2D eigenvalue weighted by Gasteiger charge is 2.33. The van der Waals surface area contributed by atoms with Gasteiger partial charge in [0, 0.05) is 28.9 Å². The molecule has 0 amide bonds. The SMILES string of the molecule is CC(c1cccc(Cl)c1)n1ccc2c1CC(C)(C)CC2=O. The molecule has 1 aromatic heterocycles. The van der Waals surface area contributed by atoms with E-state index in [1.807, 2.05) is 30.5 Å². The number of rotatable bonds is 2. The number of hydrogen-bond acceptors (Lipinski definition) is 1. The van der Waals surface area contributed by atoms with Crippen LogP contribution in [0.25, 0.3) is 0 Å². The lowest BCUT2D eigenvalue weighted by molar-refractivity contribution is 0.0909. The van der Waals surface area contributed by atoms with Crippen molar-refractivity contribution in [1.29, 1.82) is 0 Å². The second-order valence-electron chi connectivity index (χ2n) is 6.76. The summed E-state index contributed by atoms with van der Waals surface area (Å²) in [6.45, 7) is 6.47. The zero-order chi connectivity index (χ0) is 15.2. The Labute approximate surface area is 130 Å². The summed E-state index contributed by atoms with van der Waals surface area (Å²) in [4.78, 5) is 12.3. The van der Waals surface area contributed by atoms with Crippen molar-refractivity contribution in [2.45, 2.75) is 39.7 Å². The fourth-order valence-electron chi connectivity index (χ4n) is 3.26. The molecular weight excluding hydrogens is 282 g/mol. The van der Waals surface area contributed by atoms with Crippen molar-refractivity contribution >= 4 is 17.4 Å². The largest absolute Gasteiger partial charge is 0.344 e. The molecule has 1 heterocycles. The van der Waals surface area contributed by atoms with Gasteiger partial charge < -0.3 is 4.57 Å². The van der Waals surface area contributed by atoms with Crippen molar-refractivity contribution in [3.8, 4) is 0 Å².